The number of anilines is 1. The van der Waals surface area contributed by atoms with Crippen molar-refractivity contribution in [3.8, 4) is 5.75 Å². The Morgan fingerprint density at radius 3 is 2.70 bits per heavy atom. The number of nitrogens with one attached hydrogen (secondary N) is 2. The number of rotatable bonds is 14. The second kappa shape index (κ2) is 12.8. The predicted octanol–water partition coefficient (Wildman–Crippen LogP) is 4.29. The van der Waals surface area contributed by atoms with Crippen LogP contribution in [0.2, 0.25) is 0 Å². The van der Waals surface area contributed by atoms with E-state index in [1.54, 1.807) is 0 Å². The molecule has 0 aliphatic heterocycles. The average molecular weight is 374 g/mol. The van der Waals surface area contributed by atoms with Crippen LogP contribution in [0, 0.1) is 0 Å². The molecule has 1 amide bonds. The van der Waals surface area contributed by atoms with Gasteiger partial charge in [-0.05, 0) is 37.8 Å². The van der Waals surface area contributed by atoms with E-state index in [-0.39, 0.29) is 5.91 Å². The van der Waals surface area contributed by atoms with Crippen molar-refractivity contribution in [2.45, 2.75) is 71.1 Å². The van der Waals surface area contributed by atoms with E-state index in [0.29, 0.717) is 13.0 Å². The standard InChI is InChI=1S/C20H31N5O2/c1-2-3-4-5-8-15-20(26)21-17-12-9-10-13-18(17)27-16-11-6-7-14-19-22-24-25-23-19/h9-10,12-13H,2-8,11,14-16H2,1H3,(H,21,26)(H,22,23,24,25). The van der Waals surface area contributed by atoms with E-state index < -0.39 is 0 Å². The Labute approximate surface area is 161 Å². The largest absolute Gasteiger partial charge is 0.491 e. The van der Waals surface area contributed by atoms with Gasteiger partial charge in [-0.25, -0.2) is 0 Å². The summed E-state index contributed by atoms with van der Waals surface area (Å²) >= 11 is 0. The molecule has 148 valence electrons. The molecule has 7 nitrogen and oxygen atoms in total. The number of hydrogen-bond acceptors (Lipinski definition) is 5. The van der Waals surface area contributed by atoms with E-state index in [4.69, 9.17) is 4.74 Å². The number of aromatic amines is 1. The van der Waals surface area contributed by atoms with Crippen LogP contribution in [0.1, 0.15) is 70.5 Å². The van der Waals surface area contributed by atoms with E-state index in [2.05, 4.69) is 32.9 Å². The Bertz CT molecular complexity index is 646. The third kappa shape index (κ3) is 8.66. The highest BCUT2D eigenvalue weighted by Crippen LogP contribution is 2.24. The third-order valence-corrected chi connectivity index (χ3v) is 4.36. The van der Waals surface area contributed by atoms with Gasteiger partial charge in [0.1, 0.15) is 5.75 Å². The Morgan fingerprint density at radius 2 is 1.89 bits per heavy atom. The van der Waals surface area contributed by atoms with Crippen LogP contribution in [-0.4, -0.2) is 33.1 Å². The molecule has 0 aliphatic carbocycles. The molecule has 7 heteroatoms. The summed E-state index contributed by atoms with van der Waals surface area (Å²) in [5, 5.41) is 16.9. The molecule has 0 unspecified atom stereocenters. The lowest BCUT2D eigenvalue weighted by molar-refractivity contribution is -0.116. The quantitative estimate of drug-likeness (QED) is 0.482. The highest BCUT2D eigenvalue weighted by Gasteiger charge is 2.07. The molecule has 2 N–H and O–H groups in total. The fourth-order valence-electron chi connectivity index (χ4n) is 2.83. The molecule has 0 aliphatic rings. The number of aromatic nitrogens is 4. The number of carbonyl (C=O) groups excluding carboxylic acids is 1. The monoisotopic (exact) mass is 373 g/mol. The Balaban J connectivity index is 1.64. The second-order valence-electron chi connectivity index (χ2n) is 6.70. The zero-order valence-corrected chi connectivity index (χ0v) is 16.2. The number of amides is 1. The highest BCUT2D eigenvalue weighted by molar-refractivity contribution is 5.92. The van der Waals surface area contributed by atoms with Gasteiger partial charge in [-0.3, -0.25) is 4.79 Å². The van der Waals surface area contributed by atoms with Crippen molar-refractivity contribution < 1.29 is 9.53 Å². The summed E-state index contributed by atoms with van der Waals surface area (Å²) in [6.07, 6.45) is 10.1. The smallest absolute Gasteiger partial charge is 0.224 e. The van der Waals surface area contributed by atoms with Gasteiger partial charge in [-0.2, -0.15) is 5.21 Å². The highest BCUT2D eigenvalue weighted by atomic mass is 16.5. The number of ether oxygens (including phenoxy) is 1. The molecule has 1 aromatic heterocycles. The topological polar surface area (TPSA) is 92.8 Å². The lowest BCUT2D eigenvalue weighted by atomic mass is 10.1. The van der Waals surface area contributed by atoms with E-state index in [9.17, 15) is 4.79 Å². The van der Waals surface area contributed by atoms with Crippen LogP contribution in [0.25, 0.3) is 0 Å². The van der Waals surface area contributed by atoms with Crippen molar-refractivity contribution in [1.82, 2.24) is 20.6 Å². The maximum absolute atomic E-state index is 12.1. The first-order valence-electron chi connectivity index (χ1n) is 10.0. The first kappa shape index (κ1) is 20.9. The summed E-state index contributed by atoms with van der Waals surface area (Å²) in [4.78, 5) is 12.1. The average Bonchev–Trinajstić information content (AvgIpc) is 3.19. The summed E-state index contributed by atoms with van der Waals surface area (Å²) in [5.41, 5.74) is 0.753. The van der Waals surface area contributed by atoms with Crippen LogP contribution in [0.3, 0.4) is 0 Å². The number of aryl methyl sites for hydroxylation is 1. The number of unbranched alkanes of at least 4 members (excludes halogenated alkanes) is 6. The lowest BCUT2D eigenvalue weighted by Crippen LogP contribution is -2.12. The summed E-state index contributed by atoms with van der Waals surface area (Å²) in [6, 6.07) is 7.62. The fraction of sp³-hybridized carbons (Fsp3) is 0.600. The molecule has 0 atom stereocenters. The SMILES string of the molecule is CCCCCCCC(=O)Nc1ccccc1OCCCCCc1nn[nH]n1. The molecule has 2 aromatic rings. The van der Waals surface area contributed by atoms with Gasteiger partial charge in [0.15, 0.2) is 5.82 Å². The first-order chi connectivity index (χ1) is 13.3. The first-order valence-corrected chi connectivity index (χ1v) is 10.0. The van der Waals surface area contributed by atoms with Crippen LogP contribution >= 0.6 is 0 Å². The van der Waals surface area contributed by atoms with Gasteiger partial charge in [0, 0.05) is 12.8 Å². The number of nitrogens with zero attached hydrogens (tertiary/aromatic N) is 3. The molecule has 27 heavy (non-hydrogen) atoms. The minimum absolute atomic E-state index is 0.0580. The summed E-state index contributed by atoms with van der Waals surface area (Å²) in [6.45, 7) is 2.81. The Hall–Kier alpha value is -2.44. The number of carbonyl (C=O) groups is 1. The van der Waals surface area contributed by atoms with Crippen LogP contribution in [-0.2, 0) is 11.2 Å². The van der Waals surface area contributed by atoms with E-state index >= 15 is 0 Å². The number of benzene rings is 1. The van der Waals surface area contributed by atoms with Crippen LogP contribution in [0.5, 0.6) is 5.75 Å². The number of H-pyrrole nitrogens is 1. The molecule has 0 saturated carbocycles. The maximum atomic E-state index is 12.1. The molecular weight excluding hydrogens is 342 g/mol. The fourth-order valence-corrected chi connectivity index (χ4v) is 2.83. The van der Waals surface area contributed by atoms with Crippen molar-refractivity contribution in [2.75, 3.05) is 11.9 Å². The van der Waals surface area contributed by atoms with Crippen LogP contribution in [0.4, 0.5) is 5.69 Å². The zero-order chi connectivity index (χ0) is 19.2. The molecule has 1 heterocycles. The number of hydrogen-bond donors (Lipinski definition) is 2. The molecule has 0 fully saturated rings. The molecule has 0 spiro atoms. The number of para-hydroxylation sites is 2. The zero-order valence-electron chi connectivity index (χ0n) is 16.2. The normalized spacial score (nSPS) is 10.7. The van der Waals surface area contributed by atoms with E-state index in [1.807, 2.05) is 24.3 Å². The van der Waals surface area contributed by atoms with E-state index in [0.717, 1.165) is 55.8 Å². The van der Waals surface area contributed by atoms with Gasteiger partial charge in [0.2, 0.25) is 5.91 Å². The second-order valence-corrected chi connectivity index (χ2v) is 6.70. The maximum Gasteiger partial charge on any atom is 0.224 e. The van der Waals surface area contributed by atoms with Crippen molar-refractivity contribution >= 4 is 11.6 Å². The lowest BCUT2D eigenvalue weighted by Gasteiger charge is -2.12. The molecular formula is C20H31N5O2. The summed E-state index contributed by atoms with van der Waals surface area (Å²) in [5.74, 6) is 1.54. The Morgan fingerprint density at radius 1 is 1.07 bits per heavy atom. The Kier molecular flexibility index (Phi) is 9.92. The van der Waals surface area contributed by atoms with Gasteiger partial charge in [-0.15, -0.1) is 10.2 Å². The van der Waals surface area contributed by atoms with Gasteiger partial charge in [0.05, 0.1) is 12.3 Å². The van der Waals surface area contributed by atoms with Crippen LogP contribution < -0.4 is 10.1 Å². The molecule has 1 aromatic carbocycles. The predicted molar refractivity (Wildman–Crippen MR) is 106 cm³/mol. The number of tetrazole rings is 1. The molecule has 0 saturated heterocycles. The van der Waals surface area contributed by atoms with Crippen molar-refractivity contribution in [3.63, 3.8) is 0 Å². The molecule has 0 radical (unpaired) electrons. The van der Waals surface area contributed by atoms with Gasteiger partial charge in [0.25, 0.3) is 0 Å². The minimum Gasteiger partial charge on any atom is -0.491 e. The summed E-state index contributed by atoms with van der Waals surface area (Å²) < 4.78 is 5.87. The minimum atomic E-state index is 0.0580. The van der Waals surface area contributed by atoms with Crippen molar-refractivity contribution in [2.24, 2.45) is 0 Å². The van der Waals surface area contributed by atoms with E-state index in [1.165, 1.54) is 19.3 Å². The third-order valence-electron chi connectivity index (χ3n) is 4.36. The molecule has 0 bridgehead atoms. The van der Waals surface area contributed by atoms with Gasteiger partial charge in [-0.1, -0.05) is 50.0 Å². The van der Waals surface area contributed by atoms with Crippen molar-refractivity contribution in [1.29, 1.82) is 0 Å². The van der Waals surface area contributed by atoms with Crippen molar-refractivity contribution in [3.05, 3.63) is 30.1 Å². The van der Waals surface area contributed by atoms with Gasteiger partial charge >= 0.3 is 0 Å². The van der Waals surface area contributed by atoms with Crippen LogP contribution in [0.15, 0.2) is 24.3 Å². The summed E-state index contributed by atoms with van der Waals surface area (Å²) in [7, 11) is 0. The molecule has 2 rings (SSSR count). The van der Waals surface area contributed by atoms with Gasteiger partial charge < -0.3 is 10.1 Å².